The number of amides is 1. The van der Waals surface area contributed by atoms with Crippen LogP contribution in [0, 0.1) is 13.8 Å². The predicted molar refractivity (Wildman–Crippen MR) is 70.3 cm³/mol. The van der Waals surface area contributed by atoms with Crippen molar-refractivity contribution in [1.29, 1.82) is 0 Å². The molecule has 3 nitrogen and oxygen atoms in total. The second kappa shape index (κ2) is 4.45. The molecular formula is C14H16N2O. The Balaban J connectivity index is 2.45. The predicted octanol–water partition coefficient (Wildman–Crippen LogP) is 2.70. The average molecular weight is 228 g/mol. The number of carbonyl (C=O) groups is 1. The van der Waals surface area contributed by atoms with Crippen LogP contribution in [0.15, 0.2) is 30.9 Å². The van der Waals surface area contributed by atoms with Crippen LogP contribution < -0.4 is 5.32 Å². The van der Waals surface area contributed by atoms with Gasteiger partial charge in [-0.2, -0.15) is 0 Å². The van der Waals surface area contributed by atoms with Crippen LogP contribution in [0.5, 0.6) is 0 Å². The molecule has 17 heavy (non-hydrogen) atoms. The first-order chi connectivity index (χ1) is 8.13. The third-order valence-corrected chi connectivity index (χ3v) is 2.85. The largest absolute Gasteiger partial charge is 0.350 e. The van der Waals surface area contributed by atoms with Crippen LogP contribution in [-0.2, 0) is 0 Å². The average Bonchev–Trinajstić information content (AvgIpc) is 2.64. The zero-order valence-electron chi connectivity index (χ0n) is 10.1. The Kier molecular flexibility index (Phi) is 3.00. The smallest absolute Gasteiger partial charge is 0.268 e. The first kappa shape index (κ1) is 11.5. The van der Waals surface area contributed by atoms with Gasteiger partial charge in [0.2, 0.25) is 0 Å². The molecule has 0 atom stereocenters. The van der Waals surface area contributed by atoms with Crippen molar-refractivity contribution in [3.05, 3.63) is 47.7 Å². The molecule has 0 aliphatic heterocycles. The summed E-state index contributed by atoms with van der Waals surface area (Å²) < 4.78 is 0. The van der Waals surface area contributed by atoms with Gasteiger partial charge in [0.1, 0.15) is 5.69 Å². The number of H-pyrrole nitrogens is 1. The van der Waals surface area contributed by atoms with Gasteiger partial charge < -0.3 is 10.3 Å². The van der Waals surface area contributed by atoms with E-state index >= 15 is 0 Å². The number of benzene rings is 1. The highest BCUT2D eigenvalue weighted by Crippen LogP contribution is 2.22. The van der Waals surface area contributed by atoms with Crippen LogP contribution in [0.2, 0.25) is 0 Å². The number of hydrogen-bond donors (Lipinski definition) is 2. The second-order valence-corrected chi connectivity index (χ2v) is 4.17. The molecule has 0 bridgehead atoms. The third-order valence-electron chi connectivity index (χ3n) is 2.85. The summed E-state index contributed by atoms with van der Waals surface area (Å²) in [5.41, 5.74) is 3.81. The van der Waals surface area contributed by atoms with Gasteiger partial charge >= 0.3 is 0 Å². The minimum absolute atomic E-state index is 0.0868. The van der Waals surface area contributed by atoms with Gasteiger partial charge in [-0.1, -0.05) is 17.7 Å². The Morgan fingerprint density at radius 2 is 2.24 bits per heavy atom. The van der Waals surface area contributed by atoms with E-state index in [1.54, 1.807) is 6.08 Å². The summed E-state index contributed by atoms with van der Waals surface area (Å²) in [5, 5.41) is 3.88. The minimum Gasteiger partial charge on any atom is -0.350 e. The van der Waals surface area contributed by atoms with E-state index in [-0.39, 0.29) is 5.91 Å². The van der Waals surface area contributed by atoms with Gasteiger partial charge in [-0.15, -0.1) is 6.58 Å². The summed E-state index contributed by atoms with van der Waals surface area (Å²) >= 11 is 0. The molecule has 1 heterocycles. The molecular weight excluding hydrogens is 212 g/mol. The SMILES string of the molecule is C=CCNC(=O)c1[nH]c2ccc(C)cc2c1C. The van der Waals surface area contributed by atoms with Crippen LogP contribution in [0.1, 0.15) is 21.6 Å². The zero-order chi connectivity index (χ0) is 12.4. The quantitative estimate of drug-likeness (QED) is 0.779. The van der Waals surface area contributed by atoms with Crippen molar-refractivity contribution in [3.8, 4) is 0 Å². The van der Waals surface area contributed by atoms with Crippen LogP contribution in [0.4, 0.5) is 0 Å². The van der Waals surface area contributed by atoms with Crippen molar-refractivity contribution >= 4 is 16.8 Å². The summed E-state index contributed by atoms with van der Waals surface area (Å²) in [4.78, 5) is 15.0. The van der Waals surface area contributed by atoms with Gasteiger partial charge in [0.25, 0.3) is 5.91 Å². The lowest BCUT2D eigenvalue weighted by atomic mass is 10.1. The topological polar surface area (TPSA) is 44.9 Å². The van der Waals surface area contributed by atoms with Gasteiger partial charge in [-0.25, -0.2) is 0 Å². The van der Waals surface area contributed by atoms with Gasteiger partial charge in [-0.05, 0) is 31.5 Å². The molecule has 0 unspecified atom stereocenters. The molecule has 0 saturated heterocycles. The van der Waals surface area contributed by atoms with E-state index in [4.69, 9.17) is 0 Å². The molecule has 0 aliphatic carbocycles. The fraction of sp³-hybridized carbons (Fsp3) is 0.214. The first-order valence-electron chi connectivity index (χ1n) is 5.61. The number of carbonyl (C=O) groups excluding carboxylic acids is 1. The summed E-state index contributed by atoms with van der Waals surface area (Å²) in [6.45, 7) is 8.06. The second-order valence-electron chi connectivity index (χ2n) is 4.17. The number of hydrogen-bond acceptors (Lipinski definition) is 1. The van der Waals surface area contributed by atoms with Gasteiger partial charge in [0.15, 0.2) is 0 Å². The monoisotopic (exact) mass is 228 g/mol. The molecule has 1 aromatic carbocycles. The van der Waals surface area contributed by atoms with Gasteiger partial charge in [-0.3, -0.25) is 4.79 Å². The Bertz CT molecular complexity index is 581. The Labute approximate surface area is 101 Å². The molecule has 3 heteroatoms. The lowest BCUT2D eigenvalue weighted by molar-refractivity contribution is 0.0953. The summed E-state index contributed by atoms with van der Waals surface area (Å²) in [6.07, 6.45) is 1.67. The van der Waals surface area contributed by atoms with E-state index in [1.807, 2.05) is 26.0 Å². The number of aromatic amines is 1. The Hall–Kier alpha value is -2.03. The molecule has 0 spiro atoms. The normalized spacial score (nSPS) is 10.5. The first-order valence-corrected chi connectivity index (χ1v) is 5.61. The lowest BCUT2D eigenvalue weighted by Gasteiger charge is -2.00. The zero-order valence-corrected chi connectivity index (χ0v) is 10.1. The number of nitrogens with one attached hydrogen (secondary N) is 2. The molecule has 0 saturated carbocycles. The maximum Gasteiger partial charge on any atom is 0.268 e. The highest BCUT2D eigenvalue weighted by atomic mass is 16.1. The number of aromatic nitrogens is 1. The van der Waals surface area contributed by atoms with Crippen molar-refractivity contribution < 1.29 is 4.79 Å². The van der Waals surface area contributed by atoms with Gasteiger partial charge in [0, 0.05) is 17.4 Å². The van der Waals surface area contributed by atoms with E-state index in [0.717, 1.165) is 16.5 Å². The van der Waals surface area contributed by atoms with Crippen LogP contribution in [-0.4, -0.2) is 17.4 Å². The summed E-state index contributed by atoms with van der Waals surface area (Å²) in [6, 6.07) is 6.12. The molecule has 1 aromatic heterocycles. The maximum absolute atomic E-state index is 11.9. The van der Waals surface area contributed by atoms with Crippen molar-refractivity contribution in [2.45, 2.75) is 13.8 Å². The number of fused-ring (bicyclic) bond motifs is 1. The van der Waals surface area contributed by atoms with Crippen molar-refractivity contribution in [1.82, 2.24) is 10.3 Å². The maximum atomic E-state index is 11.9. The van der Waals surface area contributed by atoms with E-state index in [0.29, 0.717) is 12.2 Å². The van der Waals surface area contributed by atoms with Crippen molar-refractivity contribution in [2.75, 3.05) is 6.54 Å². The third kappa shape index (κ3) is 2.09. The highest BCUT2D eigenvalue weighted by molar-refractivity contribution is 6.01. The Morgan fingerprint density at radius 3 is 2.94 bits per heavy atom. The van der Waals surface area contributed by atoms with Crippen LogP contribution >= 0.6 is 0 Å². The minimum atomic E-state index is -0.0868. The molecule has 0 radical (unpaired) electrons. The number of rotatable bonds is 3. The fourth-order valence-corrected chi connectivity index (χ4v) is 1.92. The van der Waals surface area contributed by atoms with E-state index in [9.17, 15) is 4.79 Å². The number of aryl methyl sites for hydroxylation is 2. The summed E-state index contributed by atoms with van der Waals surface area (Å²) in [5.74, 6) is -0.0868. The molecule has 88 valence electrons. The van der Waals surface area contributed by atoms with E-state index < -0.39 is 0 Å². The summed E-state index contributed by atoms with van der Waals surface area (Å²) in [7, 11) is 0. The standard InChI is InChI=1S/C14H16N2O/c1-4-7-15-14(17)13-10(3)11-8-9(2)5-6-12(11)16-13/h4-6,8,16H,1,7H2,2-3H3,(H,15,17). The van der Waals surface area contributed by atoms with Crippen molar-refractivity contribution in [2.24, 2.45) is 0 Å². The van der Waals surface area contributed by atoms with Crippen LogP contribution in [0.25, 0.3) is 10.9 Å². The van der Waals surface area contributed by atoms with E-state index in [2.05, 4.69) is 22.9 Å². The Morgan fingerprint density at radius 1 is 1.47 bits per heavy atom. The molecule has 0 fully saturated rings. The molecule has 2 N–H and O–H groups in total. The molecule has 2 rings (SSSR count). The van der Waals surface area contributed by atoms with Crippen LogP contribution in [0.3, 0.4) is 0 Å². The fourth-order valence-electron chi connectivity index (χ4n) is 1.92. The molecule has 2 aromatic rings. The van der Waals surface area contributed by atoms with Crippen molar-refractivity contribution in [3.63, 3.8) is 0 Å². The lowest BCUT2D eigenvalue weighted by Crippen LogP contribution is -2.24. The molecule has 1 amide bonds. The van der Waals surface area contributed by atoms with E-state index in [1.165, 1.54) is 5.56 Å². The molecule has 0 aliphatic rings. The van der Waals surface area contributed by atoms with Gasteiger partial charge in [0.05, 0.1) is 0 Å². The highest BCUT2D eigenvalue weighted by Gasteiger charge is 2.13.